The van der Waals surface area contributed by atoms with Crippen LogP contribution in [0.15, 0.2) is 48.5 Å². The maximum Gasteiger partial charge on any atom is 0.123 e. The number of hydrogen-bond donors (Lipinski definition) is 1. The van der Waals surface area contributed by atoms with E-state index in [1.807, 2.05) is 18.2 Å². The summed E-state index contributed by atoms with van der Waals surface area (Å²) in [7, 11) is 0. The largest absolute Gasteiger partial charge is 0.508 e. The first kappa shape index (κ1) is 16.4. The summed E-state index contributed by atoms with van der Waals surface area (Å²) in [4.78, 5) is 0. The van der Waals surface area contributed by atoms with E-state index in [0.29, 0.717) is 6.61 Å². The Kier molecular flexibility index (Phi) is 5.48. The first-order chi connectivity index (χ1) is 10.5. The molecule has 2 rings (SSSR count). The molecule has 0 saturated heterocycles. The molecule has 0 fully saturated rings. The Morgan fingerprint density at radius 3 is 2.45 bits per heavy atom. The lowest BCUT2D eigenvalue weighted by Crippen LogP contribution is -2.15. The number of hydrogen-bond acceptors (Lipinski definition) is 2. The number of benzene rings is 2. The van der Waals surface area contributed by atoms with Crippen LogP contribution in [-0.2, 0) is 11.8 Å². The molecule has 0 aliphatic rings. The van der Waals surface area contributed by atoms with E-state index in [2.05, 4.69) is 45.0 Å². The van der Waals surface area contributed by atoms with Gasteiger partial charge in [-0.2, -0.15) is 0 Å². The standard InChI is InChI=1S/C20H26O2/c1-4-20(2,3)17-13-18(21)15-19(14-17)22-12-8-11-16-9-6-5-7-10-16/h5-7,9-10,13-15,21H,4,8,11-12H2,1-3H3. The van der Waals surface area contributed by atoms with Crippen molar-refractivity contribution >= 4 is 0 Å². The van der Waals surface area contributed by atoms with Crippen molar-refractivity contribution in [2.75, 3.05) is 6.61 Å². The van der Waals surface area contributed by atoms with Crippen LogP contribution in [0, 0.1) is 0 Å². The SMILES string of the molecule is CCC(C)(C)c1cc(O)cc(OCCCc2ccccc2)c1. The Morgan fingerprint density at radius 2 is 1.77 bits per heavy atom. The van der Waals surface area contributed by atoms with Crippen molar-refractivity contribution in [2.24, 2.45) is 0 Å². The van der Waals surface area contributed by atoms with Crippen molar-refractivity contribution in [1.82, 2.24) is 0 Å². The lowest BCUT2D eigenvalue weighted by Gasteiger charge is -2.24. The van der Waals surface area contributed by atoms with Crippen LogP contribution in [0.1, 0.15) is 44.7 Å². The molecule has 0 bridgehead atoms. The quantitative estimate of drug-likeness (QED) is 0.721. The molecule has 0 spiro atoms. The van der Waals surface area contributed by atoms with E-state index in [4.69, 9.17) is 4.74 Å². The van der Waals surface area contributed by atoms with Gasteiger partial charge in [0.1, 0.15) is 11.5 Å². The van der Waals surface area contributed by atoms with Crippen molar-refractivity contribution in [3.05, 3.63) is 59.7 Å². The van der Waals surface area contributed by atoms with Crippen LogP contribution in [0.3, 0.4) is 0 Å². The van der Waals surface area contributed by atoms with Crippen molar-refractivity contribution in [2.45, 2.75) is 45.4 Å². The van der Waals surface area contributed by atoms with Crippen molar-refractivity contribution in [3.63, 3.8) is 0 Å². The van der Waals surface area contributed by atoms with Crippen molar-refractivity contribution in [1.29, 1.82) is 0 Å². The molecule has 0 heterocycles. The summed E-state index contributed by atoms with van der Waals surface area (Å²) in [6, 6.07) is 16.0. The predicted octanol–water partition coefficient (Wildman–Crippen LogP) is 5.09. The van der Waals surface area contributed by atoms with E-state index in [9.17, 15) is 5.11 Å². The average molecular weight is 298 g/mol. The Hall–Kier alpha value is -1.96. The fraction of sp³-hybridized carbons (Fsp3) is 0.400. The van der Waals surface area contributed by atoms with Crippen LogP contribution in [0.25, 0.3) is 0 Å². The van der Waals surface area contributed by atoms with Crippen LogP contribution < -0.4 is 4.74 Å². The summed E-state index contributed by atoms with van der Waals surface area (Å²) in [6.45, 7) is 7.18. The summed E-state index contributed by atoms with van der Waals surface area (Å²) in [5.41, 5.74) is 2.49. The second kappa shape index (κ2) is 7.35. The number of rotatable bonds is 7. The normalized spacial score (nSPS) is 11.4. The van der Waals surface area contributed by atoms with Gasteiger partial charge >= 0.3 is 0 Å². The van der Waals surface area contributed by atoms with Crippen molar-refractivity contribution < 1.29 is 9.84 Å². The molecule has 0 aliphatic heterocycles. The first-order valence-corrected chi connectivity index (χ1v) is 8.02. The van der Waals surface area contributed by atoms with Gasteiger partial charge in [0.15, 0.2) is 0 Å². The number of ether oxygens (including phenoxy) is 1. The molecule has 2 aromatic carbocycles. The molecule has 0 aromatic heterocycles. The first-order valence-electron chi connectivity index (χ1n) is 8.02. The highest BCUT2D eigenvalue weighted by Crippen LogP contribution is 2.32. The summed E-state index contributed by atoms with van der Waals surface area (Å²) in [6.07, 6.45) is 2.99. The zero-order chi connectivity index (χ0) is 16.0. The summed E-state index contributed by atoms with van der Waals surface area (Å²) in [5.74, 6) is 1.03. The third kappa shape index (κ3) is 4.52. The highest BCUT2D eigenvalue weighted by molar-refractivity contribution is 5.40. The van der Waals surface area contributed by atoms with Gasteiger partial charge in [0, 0.05) is 6.07 Å². The molecule has 0 aliphatic carbocycles. The third-order valence-corrected chi connectivity index (χ3v) is 4.28. The van der Waals surface area contributed by atoms with Gasteiger partial charge in [0.2, 0.25) is 0 Å². The van der Waals surface area contributed by atoms with Crippen LogP contribution in [0.4, 0.5) is 0 Å². The minimum absolute atomic E-state index is 0.0425. The monoisotopic (exact) mass is 298 g/mol. The summed E-state index contributed by atoms with van der Waals surface area (Å²) >= 11 is 0. The molecular formula is C20H26O2. The maximum atomic E-state index is 9.91. The van der Waals surface area contributed by atoms with Crippen LogP contribution in [0.5, 0.6) is 11.5 Å². The van der Waals surface area contributed by atoms with E-state index < -0.39 is 0 Å². The fourth-order valence-electron chi connectivity index (χ4n) is 2.37. The highest BCUT2D eigenvalue weighted by Gasteiger charge is 2.19. The maximum absolute atomic E-state index is 9.91. The van der Waals surface area contributed by atoms with Crippen molar-refractivity contribution in [3.8, 4) is 11.5 Å². The second-order valence-corrected chi connectivity index (χ2v) is 6.39. The van der Waals surface area contributed by atoms with Gasteiger partial charge < -0.3 is 9.84 Å². The average Bonchev–Trinajstić information content (AvgIpc) is 2.52. The number of aryl methyl sites for hydroxylation is 1. The van der Waals surface area contributed by atoms with Gasteiger partial charge in [-0.25, -0.2) is 0 Å². The Labute approximate surface area is 133 Å². The molecular weight excluding hydrogens is 272 g/mol. The topological polar surface area (TPSA) is 29.5 Å². The Bertz CT molecular complexity index is 588. The molecule has 0 unspecified atom stereocenters. The van der Waals surface area contributed by atoms with E-state index in [1.165, 1.54) is 5.56 Å². The van der Waals surface area contributed by atoms with Gasteiger partial charge in [-0.3, -0.25) is 0 Å². The zero-order valence-electron chi connectivity index (χ0n) is 13.8. The lowest BCUT2D eigenvalue weighted by molar-refractivity contribution is 0.308. The van der Waals surface area contributed by atoms with Gasteiger partial charge in [-0.1, -0.05) is 51.1 Å². The zero-order valence-corrected chi connectivity index (χ0v) is 13.8. The van der Waals surface area contributed by atoms with E-state index in [1.54, 1.807) is 6.07 Å². The molecule has 2 heteroatoms. The molecule has 2 nitrogen and oxygen atoms in total. The van der Waals surface area contributed by atoms with Gasteiger partial charge in [0.05, 0.1) is 6.61 Å². The van der Waals surface area contributed by atoms with E-state index in [0.717, 1.165) is 30.6 Å². The Morgan fingerprint density at radius 1 is 1.05 bits per heavy atom. The minimum atomic E-state index is 0.0425. The molecule has 0 saturated carbocycles. The molecule has 0 radical (unpaired) electrons. The van der Waals surface area contributed by atoms with Gasteiger partial charge in [0.25, 0.3) is 0 Å². The highest BCUT2D eigenvalue weighted by atomic mass is 16.5. The van der Waals surface area contributed by atoms with E-state index >= 15 is 0 Å². The van der Waals surface area contributed by atoms with E-state index in [-0.39, 0.29) is 11.2 Å². The minimum Gasteiger partial charge on any atom is -0.508 e. The number of phenols is 1. The number of aromatic hydroxyl groups is 1. The number of phenolic OH excluding ortho intramolecular Hbond substituents is 1. The molecule has 0 amide bonds. The predicted molar refractivity (Wildman–Crippen MR) is 91.7 cm³/mol. The van der Waals surface area contributed by atoms with Crippen LogP contribution in [-0.4, -0.2) is 11.7 Å². The fourth-order valence-corrected chi connectivity index (χ4v) is 2.37. The van der Waals surface area contributed by atoms with Gasteiger partial charge in [-0.15, -0.1) is 0 Å². The van der Waals surface area contributed by atoms with Gasteiger partial charge in [-0.05, 0) is 47.9 Å². The summed E-state index contributed by atoms with van der Waals surface area (Å²) in [5, 5.41) is 9.91. The molecule has 0 atom stereocenters. The molecule has 22 heavy (non-hydrogen) atoms. The lowest BCUT2D eigenvalue weighted by atomic mass is 9.82. The molecule has 118 valence electrons. The second-order valence-electron chi connectivity index (χ2n) is 6.39. The van der Waals surface area contributed by atoms with Crippen LogP contribution >= 0.6 is 0 Å². The molecule has 1 N–H and O–H groups in total. The Balaban J connectivity index is 1.93. The third-order valence-electron chi connectivity index (χ3n) is 4.28. The molecule has 2 aromatic rings. The summed E-state index contributed by atoms with van der Waals surface area (Å²) < 4.78 is 5.83. The van der Waals surface area contributed by atoms with Crippen LogP contribution in [0.2, 0.25) is 0 Å². The smallest absolute Gasteiger partial charge is 0.123 e.